The molecule has 0 saturated carbocycles. The first kappa shape index (κ1) is 15.3. The van der Waals surface area contributed by atoms with E-state index in [9.17, 15) is 14.4 Å². The van der Waals surface area contributed by atoms with Crippen LogP contribution < -0.4 is 5.32 Å². The number of aliphatic carboxylic acids is 1. The van der Waals surface area contributed by atoms with E-state index < -0.39 is 36.2 Å². The van der Waals surface area contributed by atoms with Crippen molar-refractivity contribution in [3.8, 4) is 0 Å². The van der Waals surface area contributed by atoms with E-state index in [1.54, 1.807) is 20.8 Å². The molecule has 0 radical (unpaired) electrons. The summed E-state index contributed by atoms with van der Waals surface area (Å²) >= 11 is 0. The molecule has 1 aliphatic rings. The lowest BCUT2D eigenvalue weighted by molar-refractivity contribution is -0.138. The van der Waals surface area contributed by atoms with Crippen molar-refractivity contribution in [2.45, 2.75) is 45.3 Å². The predicted octanol–water partition coefficient (Wildman–Crippen LogP) is 0.587. The molecular weight excluding hydrogens is 252 g/mol. The van der Waals surface area contributed by atoms with Gasteiger partial charge >= 0.3 is 12.1 Å². The molecule has 1 atom stereocenters. The Kier molecular flexibility index (Phi) is 4.74. The molecule has 0 aromatic rings. The van der Waals surface area contributed by atoms with Crippen LogP contribution >= 0.6 is 0 Å². The highest BCUT2D eigenvalue weighted by atomic mass is 16.6. The van der Waals surface area contributed by atoms with Gasteiger partial charge in [0.1, 0.15) is 18.2 Å². The molecule has 1 aliphatic heterocycles. The van der Waals surface area contributed by atoms with Crippen LogP contribution in [0.5, 0.6) is 0 Å². The first-order valence-corrected chi connectivity index (χ1v) is 6.20. The van der Waals surface area contributed by atoms with Gasteiger partial charge in [0.05, 0.1) is 0 Å². The van der Waals surface area contributed by atoms with Gasteiger partial charge in [-0.1, -0.05) is 0 Å². The Balaban J connectivity index is 2.60. The van der Waals surface area contributed by atoms with Crippen molar-refractivity contribution in [1.82, 2.24) is 10.2 Å². The zero-order chi connectivity index (χ0) is 14.6. The number of hydrogen-bond acceptors (Lipinski definition) is 4. The van der Waals surface area contributed by atoms with Gasteiger partial charge in [0.2, 0.25) is 5.91 Å². The molecule has 1 fully saturated rings. The fraction of sp³-hybridized carbons (Fsp3) is 0.750. The van der Waals surface area contributed by atoms with Gasteiger partial charge in [-0.25, -0.2) is 4.79 Å². The third kappa shape index (κ3) is 4.76. The van der Waals surface area contributed by atoms with Crippen LogP contribution in [0.1, 0.15) is 33.6 Å². The average Bonchev–Trinajstić information content (AvgIpc) is 2.72. The lowest BCUT2D eigenvalue weighted by Gasteiger charge is -2.27. The molecule has 7 heteroatoms. The number of rotatable bonds is 3. The SMILES string of the molecule is CC(C)(C)OC(=O)N1CCCC1C(=O)NCC(=O)O. The van der Waals surface area contributed by atoms with Gasteiger partial charge < -0.3 is 15.2 Å². The van der Waals surface area contributed by atoms with E-state index in [1.807, 2.05) is 0 Å². The number of ether oxygens (including phenoxy) is 1. The quantitative estimate of drug-likeness (QED) is 0.783. The maximum Gasteiger partial charge on any atom is 0.410 e. The number of nitrogens with zero attached hydrogens (tertiary/aromatic N) is 1. The van der Waals surface area contributed by atoms with Gasteiger partial charge in [-0.15, -0.1) is 0 Å². The Morgan fingerprint density at radius 2 is 2.00 bits per heavy atom. The van der Waals surface area contributed by atoms with E-state index >= 15 is 0 Å². The highest BCUT2D eigenvalue weighted by molar-refractivity contribution is 5.88. The molecule has 108 valence electrons. The molecule has 2 amide bonds. The van der Waals surface area contributed by atoms with E-state index in [0.717, 1.165) is 0 Å². The number of amides is 2. The second-order valence-corrected chi connectivity index (χ2v) is 5.44. The average molecular weight is 272 g/mol. The Morgan fingerprint density at radius 3 is 2.53 bits per heavy atom. The van der Waals surface area contributed by atoms with Crippen molar-refractivity contribution >= 4 is 18.0 Å². The Bertz CT molecular complexity index is 375. The lowest BCUT2D eigenvalue weighted by Crippen LogP contribution is -2.48. The fourth-order valence-corrected chi connectivity index (χ4v) is 1.86. The van der Waals surface area contributed by atoms with Crippen LogP contribution in [0.4, 0.5) is 4.79 Å². The van der Waals surface area contributed by atoms with Crippen molar-refractivity contribution in [2.24, 2.45) is 0 Å². The van der Waals surface area contributed by atoms with E-state index in [4.69, 9.17) is 9.84 Å². The number of likely N-dealkylation sites (tertiary alicyclic amines) is 1. The zero-order valence-corrected chi connectivity index (χ0v) is 11.4. The molecule has 0 aliphatic carbocycles. The summed E-state index contributed by atoms with van der Waals surface area (Å²) in [5.41, 5.74) is -0.623. The maximum absolute atomic E-state index is 11.9. The van der Waals surface area contributed by atoms with Crippen LogP contribution in [0.25, 0.3) is 0 Å². The summed E-state index contributed by atoms with van der Waals surface area (Å²) in [6.07, 6.45) is 0.676. The summed E-state index contributed by atoms with van der Waals surface area (Å²) in [6, 6.07) is -0.644. The van der Waals surface area contributed by atoms with Crippen molar-refractivity contribution in [3.05, 3.63) is 0 Å². The van der Waals surface area contributed by atoms with Crippen LogP contribution in [0.15, 0.2) is 0 Å². The molecular formula is C12H20N2O5. The normalized spacial score (nSPS) is 19.1. The summed E-state index contributed by atoms with van der Waals surface area (Å²) in [6.45, 7) is 5.25. The van der Waals surface area contributed by atoms with Gasteiger partial charge in [-0.3, -0.25) is 14.5 Å². The Labute approximate surface area is 111 Å². The van der Waals surface area contributed by atoms with E-state index in [-0.39, 0.29) is 0 Å². The van der Waals surface area contributed by atoms with Gasteiger partial charge in [-0.2, -0.15) is 0 Å². The molecule has 0 aromatic carbocycles. The number of hydrogen-bond donors (Lipinski definition) is 2. The first-order valence-electron chi connectivity index (χ1n) is 6.20. The van der Waals surface area contributed by atoms with Crippen LogP contribution in [0.3, 0.4) is 0 Å². The second-order valence-electron chi connectivity index (χ2n) is 5.44. The van der Waals surface area contributed by atoms with Crippen molar-refractivity contribution in [2.75, 3.05) is 13.1 Å². The molecule has 1 unspecified atom stereocenters. The maximum atomic E-state index is 11.9. The third-order valence-corrected chi connectivity index (χ3v) is 2.60. The highest BCUT2D eigenvalue weighted by Gasteiger charge is 2.36. The van der Waals surface area contributed by atoms with Gasteiger partial charge in [0.15, 0.2) is 0 Å². The summed E-state index contributed by atoms with van der Waals surface area (Å²) in [7, 11) is 0. The summed E-state index contributed by atoms with van der Waals surface area (Å²) in [5.74, 6) is -1.57. The zero-order valence-electron chi connectivity index (χ0n) is 11.4. The van der Waals surface area contributed by atoms with Gasteiger partial charge in [0.25, 0.3) is 0 Å². The minimum Gasteiger partial charge on any atom is -0.480 e. The largest absolute Gasteiger partial charge is 0.480 e. The van der Waals surface area contributed by atoms with Crippen LogP contribution in [0.2, 0.25) is 0 Å². The molecule has 0 bridgehead atoms. The molecule has 1 heterocycles. The third-order valence-electron chi connectivity index (χ3n) is 2.60. The molecule has 0 aromatic heterocycles. The Hall–Kier alpha value is -1.79. The number of carbonyl (C=O) groups excluding carboxylic acids is 2. The fourth-order valence-electron chi connectivity index (χ4n) is 1.86. The van der Waals surface area contributed by atoms with Crippen LogP contribution in [-0.4, -0.2) is 52.7 Å². The van der Waals surface area contributed by atoms with E-state index in [1.165, 1.54) is 4.90 Å². The van der Waals surface area contributed by atoms with Crippen LogP contribution in [-0.2, 0) is 14.3 Å². The van der Waals surface area contributed by atoms with Crippen molar-refractivity contribution < 1.29 is 24.2 Å². The second kappa shape index (κ2) is 5.90. The Morgan fingerprint density at radius 1 is 1.37 bits per heavy atom. The molecule has 19 heavy (non-hydrogen) atoms. The minimum absolute atomic E-state index is 0.445. The monoisotopic (exact) mass is 272 g/mol. The lowest BCUT2D eigenvalue weighted by atomic mass is 10.2. The minimum atomic E-state index is -1.12. The molecule has 1 saturated heterocycles. The number of carbonyl (C=O) groups is 3. The van der Waals surface area contributed by atoms with E-state index in [0.29, 0.717) is 19.4 Å². The molecule has 7 nitrogen and oxygen atoms in total. The van der Waals surface area contributed by atoms with Gasteiger partial charge in [0, 0.05) is 6.54 Å². The first-order chi connectivity index (χ1) is 8.70. The van der Waals surface area contributed by atoms with Gasteiger partial charge in [-0.05, 0) is 33.6 Å². The van der Waals surface area contributed by atoms with Crippen molar-refractivity contribution in [1.29, 1.82) is 0 Å². The molecule has 1 rings (SSSR count). The predicted molar refractivity (Wildman–Crippen MR) is 66.6 cm³/mol. The summed E-state index contributed by atoms with van der Waals surface area (Å²) < 4.78 is 5.22. The topological polar surface area (TPSA) is 95.9 Å². The summed E-state index contributed by atoms with van der Waals surface area (Å²) in [5, 5.41) is 10.8. The number of carboxylic acids is 1. The standard InChI is InChI=1S/C12H20N2O5/c1-12(2,3)19-11(18)14-6-4-5-8(14)10(17)13-7-9(15)16/h8H,4-7H2,1-3H3,(H,13,17)(H,15,16). The molecule has 0 spiro atoms. The van der Waals surface area contributed by atoms with Crippen molar-refractivity contribution in [3.63, 3.8) is 0 Å². The molecule has 2 N–H and O–H groups in total. The van der Waals surface area contributed by atoms with Crippen LogP contribution in [0, 0.1) is 0 Å². The number of carboxylic acid groups (broad SMARTS) is 1. The summed E-state index contributed by atoms with van der Waals surface area (Å²) in [4.78, 5) is 35.5. The highest BCUT2D eigenvalue weighted by Crippen LogP contribution is 2.20. The van der Waals surface area contributed by atoms with E-state index in [2.05, 4.69) is 5.32 Å². The smallest absolute Gasteiger partial charge is 0.410 e. The number of nitrogens with one attached hydrogen (secondary N) is 1.